The Kier molecular flexibility index (Phi) is 4.04. The molecule has 0 aromatic heterocycles. The highest BCUT2D eigenvalue weighted by molar-refractivity contribution is 5.94. The lowest BCUT2D eigenvalue weighted by Crippen LogP contribution is -2.31. The van der Waals surface area contributed by atoms with Gasteiger partial charge in [0.25, 0.3) is 5.91 Å². The zero-order valence-corrected chi connectivity index (χ0v) is 11.0. The lowest BCUT2D eigenvalue weighted by Gasteiger charge is -2.15. The second kappa shape index (κ2) is 5.44. The SMILES string of the molecule is NCCC1(CNC(=O)c2cccc(C(F)(F)F)c2)CC1. The predicted octanol–water partition coefficient (Wildman–Crippen LogP) is 2.56. The number of nitrogens with one attached hydrogen (secondary N) is 1. The first kappa shape index (κ1) is 14.8. The van der Waals surface area contributed by atoms with E-state index in [1.54, 1.807) is 0 Å². The summed E-state index contributed by atoms with van der Waals surface area (Å²) in [6.07, 6.45) is -1.59. The molecule has 1 aromatic rings. The van der Waals surface area contributed by atoms with Crippen LogP contribution in [-0.4, -0.2) is 19.0 Å². The average Bonchev–Trinajstić information content (AvgIpc) is 3.16. The van der Waals surface area contributed by atoms with E-state index in [-0.39, 0.29) is 11.0 Å². The molecule has 3 nitrogen and oxygen atoms in total. The zero-order chi connectivity index (χ0) is 14.8. The number of hydrogen-bond acceptors (Lipinski definition) is 2. The quantitative estimate of drug-likeness (QED) is 0.874. The fraction of sp³-hybridized carbons (Fsp3) is 0.500. The molecule has 0 spiro atoms. The van der Waals surface area contributed by atoms with Crippen LogP contribution in [0.4, 0.5) is 13.2 Å². The van der Waals surface area contributed by atoms with Crippen molar-refractivity contribution in [1.29, 1.82) is 0 Å². The summed E-state index contributed by atoms with van der Waals surface area (Å²) in [5, 5.41) is 2.70. The lowest BCUT2D eigenvalue weighted by molar-refractivity contribution is -0.137. The van der Waals surface area contributed by atoms with Crippen molar-refractivity contribution in [3.63, 3.8) is 0 Å². The van der Waals surface area contributed by atoms with Crippen molar-refractivity contribution < 1.29 is 18.0 Å². The number of benzene rings is 1. The molecule has 1 fully saturated rings. The smallest absolute Gasteiger partial charge is 0.351 e. The van der Waals surface area contributed by atoms with Gasteiger partial charge in [-0.25, -0.2) is 0 Å². The van der Waals surface area contributed by atoms with Gasteiger partial charge in [0.15, 0.2) is 0 Å². The average molecular weight is 286 g/mol. The Morgan fingerprint density at radius 1 is 1.35 bits per heavy atom. The summed E-state index contributed by atoms with van der Waals surface area (Å²) in [7, 11) is 0. The minimum Gasteiger partial charge on any atom is -0.351 e. The second-order valence-corrected chi connectivity index (χ2v) is 5.30. The summed E-state index contributed by atoms with van der Waals surface area (Å²) < 4.78 is 37.7. The van der Waals surface area contributed by atoms with E-state index in [2.05, 4.69) is 5.32 Å². The van der Waals surface area contributed by atoms with Gasteiger partial charge < -0.3 is 11.1 Å². The number of carbonyl (C=O) groups is 1. The van der Waals surface area contributed by atoms with Gasteiger partial charge in [0.05, 0.1) is 5.56 Å². The summed E-state index contributed by atoms with van der Waals surface area (Å²) in [4.78, 5) is 11.9. The number of nitrogens with two attached hydrogens (primary N) is 1. The Labute approximate surface area is 115 Å². The Morgan fingerprint density at radius 2 is 2.05 bits per heavy atom. The third-order valence-corrected chi connectivity index (χ3v) is 3.71. The van der Waals surface area contributed by atoms with Crippen LogP contribution in [0.25, 0.3) is 0 Å². The largest absolute Gasteiger partial charge is 0.416 e. The van der Waals surface area contributed by atoms with Gasteiger partial charge in [-0.2, -0.15) is 13.2 Å². The number of halogens is 3. The van der Waals surface area contributed by atoms with E-state index >= 15 is 0 Å². The Hall–Kier alpha value is -1.56. The lowest BCUT2D eigenvalue weighted by atomic mass is 10.0. The molecule has 6 heteroatoms. The van der Waals surface area contributed by atoms with E-state index in [0.717, 1.165) is 31.4 Å². The minimum atomic E-state index is -4.44. The van der Waals surface area contributed by atoms with E-state index in [1.165, 1.54) is 12.1 Å². The standard InChI is InChI=1S/C14H17F3N2O/c15-14(16,17)11-3-1-2-10(8-11)12(20)19-9-13(4-5-13)6-7-18/h1-3,8H,4-7,9,18H2,(H,19,20). The highest BCUT2D eigenvalue weighted by Gasteiger charge is 2.41. The van der Waals surface area contributed by atoms with Crippen molar-refractivity contribution in [3.05, 3.63) is 35.4 Å². The Balaban J connectivity index is 1.99. The predicted molar refractivity (Wildman–Crippen MR) is 69.1 cm³/mol. The van der Waals surface area contributed by atoms with Crippen molar-refractivity contribution in [1.82, 2.24) is 5.32 Å². The molecule has 0 saturated heterocycles. The van der Waals surface area contributed by atoms with Crippen LogP contribution in [0.5, 0.6) is 0 Å². The molecular weight excluding hydrogens is 269 g/mol. The van der Waals surface area contributed by atoms with Crippen LogP contribution in [-0.2, 0) is 6.18 Å². The number of rotatable bonds is 5. The minimum absolute atomic E-state index is 0.0309. The number of amides is 1. The van der Waals surface area contributed by atoms with Gasteiger partial charge >= 0.3 is 6.18 Å². The first-order chi connectivity index (χ1) is 9.36. The number of alkyl halides is 3. The van der Waals surface area contributed by atoms with Crippen molar-refractivity contribution in [2.24, 2.45) is 11.1 Å². The molecule has 0 atom stereocenters. The van der Waals surface area contributed by atoms with Crippen LogP contribution >= 0.6 is 0 Å². The van der Waals surface area contributed by atoms with Gasteiger partial charge in [0, 0.05) is 12.1 Å². The van der Waals surface area contributed by atoms with Gasteiger partial charge in [-0.3, -0.25) is 4.79 Å². The molecule has 3 N–H and O–H groups in total. The molecule has 1 amide bonds. The maximum atomic E-state index is 12.6. The first-order valence-corrected chi connectivity index (χ1v) is 6.52. The highest BCUT2D eigenvalue weighted by Crippen LogP contribution is 2.47. The Morgan fingerprint density at radius 3 is 2.60 bits per heavy atom. The molecule has 1 saturated carbocycles. The molecule has 1 aliphatic rings. The molecule has 0 heterocycles. The maximum Gasteiger partial charge on any atom is 0.416 e. The summed E-state index contributed by atoms with van der Waals surface area (Å²) in [6.45, 7) is 1.03. The maximum absolute atomic E-state index is 12.6. The van der Waals surface area contributed by atoms with Crippen LogP contribution in [0.1, 0.15) is 35.2 Å². The van der Waals surface area contributed by atoms with Gasteiger partial charge in [-0.15, -0.1) is 0 Å². The molecule has 0 bridgehead atoms. The van der Waals surface area contributed by atoms with E-state index < -0.39 is 17.6 Å². The molecule has 0 unspecified atom stereocenters. The molecule has 20 heavy (non-hydrogen) atoms. The van der Waals surface area contributed by atoms with Crippen molar-refractivity contribution in [3.8, 4) is 0 Å². The highest BCUT2D eigenvalue weighted by atomic mass is 19.4. The summed E-state index contributed by atoms with van der Waals surface area (Å²) in [5.41, 5.74) is 4.78. The summed E-state index contributed by atoms with van der Waals surface area (Å²) in [5.74, 6) is -0.473. The van der Waals surface area contributed by atoms with Gasteiger partial charge in [-0.05, 0) is 49.4 Å². The second-order valence-electron chi connectivity index (χ2n) is 5.30. The van der Waals surface area contributed by atoms with Crippen LogP contribution in [0, 0.1) is 5.41 Å². The van der Waals surface area contributed by atoms with Crippen LogP contribution < -0.4 is 11.1 Å². The van der Waals surface area contributed by atoms with Crippen molar-refractivity contribution >= 4 is 5.91 Å². The third kappa shape index (κ3) is 3.50. The zero-order valence-electron chi connectivity index (χ0n) is 11.0. The number of hydrogen-bond donors (Lipinski definition) is 2. The van der Waals surface area contributed by atoms with Crippen molar-refractivity contribution in [2.75, 3.05) is 13.1 Å². The topological polar surface area (TPSA) is 55.1 Å². The van der Waals surface area contributed by atoms with Gasteiger partial charge in [0.2, 0.25) is 0 Å². The molecule has 1 aliphatic carbocycles. The summed E-state index contributed by atoms with van der Waals surface area (Å²) in [6, 6.07) is 4.45. The normalized spacial score (nSPS) is 16.8. The van der Waals surface area contributed by atoms with E-state index in [4.69, 9.17) is 5.73 Å². The first-order valence-electron chi connectivity index (χ1n) is 6.52. The van der Waals surface area contributed by atoms with E-state index in [9.17, 15) is 18.0 Å². The Bertz CT molecular complexity index is 495. The molecule has 0 radical (unpaired) electrons. The molecule has 110 valence electrons. The van der Waals surface area contributed by atoms with Gasteiger partial charge in [0.1, 0.15) is 0 Å². The number of carbonyl (C=O) groups excluding carboxylic acids is 1. The van der Waals surface area contributed by atoms with E-state index in [1.807, 2.05) is 0 Å². The molecular formula is C14H17F3N2O. The van der Waals surface area contributed by atoms with Crippen LogP contribution in [0.2, 0.25) is 0 Å². The summed E-state index contributed by atoms with van der Waals surface area (Å²) >= 11 is 0. The monoisotopic (exact) mass is 286 g/mol. The molecule has 2 rings (SSSR count). The van der Waals surface area contributed by atoms with Gasteiger partial charge in [-0.1, -0.05) is 6.07 Å². The fourth-order valence-corrected chi connectivity index (χ4v) is 2.20. The van der Waals surface area contributed by atoms with Crippen LogP contribution in [0.3, 0.4) is 0 Å². The fourth-order valence-electron chi connectivity index (χ4n) is 2.20. The molecule has 1 aromatic carbocycles. The molecule has 0 aliphatic heterocycles. The third-order valence-electron chi connectivity index (χ3n) is 3.71. The van der Waals surface area contributed by atoms with Crippen LogP contribution in [0.15, 0.2) is 24.3 Å². The van der Waals surface area contributed by atoms with E-state index in [0.29, 0.717) is 13.1 Å². The van der Waals surface area contributed by atoms with Crippen molar-refractivity contribution in [2.45, 2.75) is 25.4 Å².